The molecule has 194 valence electrons. The van der Waals surface area contributed by atoms with E-state index in [2.05, 4.69) is 17.4 Å². The first-order valence-corrected chi connectivity index (χ1v) is 14.3. The summed E-state index contributed by atoms with van der Waals surface area (Å²) in [6.07, 6.45) is 0. The molecular weight excluding hydrogens is 526 g/mol. The van der Waals surface area contributed by atoms with Crippen molar-refractivity contribution in [3.05, 3.63) is 94.5 Å². The number of thioether (sulfide) groups is 1. The highest BCUT2D eigenvalue weighted by Gasteiger charge is 2.34. The molecule has 2 heterocycles. The molecule has 8 heteroatoms. The van der Waals surface area contributed by atoms with Gasteiger partial charge in [0.2, 0.25) is 5.91 Å². The summed E-state index contributed by atoms with van der Waals surface area (Å²) in [6, 6.07) is 20.5. The van der Waals surface area contributed by atoms with Crippen LogP contribution in [0.3, 0.4) is 0 Å². The van der Waals surface area contributed by atoms with Gasteiger partial charge in [-0.25, -0.2) is 9.88 Å². The van der Waals surface area contributed by atoms with E-state index in [1.807, 2.05) is 64.1 Å². The summed E-state index contributed by atoms with van der Waals surface area (Å²) >= 11 is 2.83. The lowest BCUT2D eigenvalue weighted by molar-refractivity contribution is -0.115. The molecule has 6 nitrogen and oxygen atoms in total. The Morgan fingerprint density at radius 2 is 1.56 bits per heavy atom. The van der Waals surface area contributed by atoms with Gasteiger partial charge in [-0.3, -0.25) is 14.4 Å². The lowest BCUT2D eigenvalue weighted by Gasteiger charge is -2.27. The van der Waals surface area contributed by atoms with Gasteiger partial charge in [0.25, 0.3) is 11.8 Å². The maximum atomic E-state index is 13.4. The minimum Gasteiger partial charge on any atom is -0.325 e. The van der Waals surface area contributed by atoms with E-state index in [9.17, 15) is 14.4 Å². The van der Waals surface area contributed by atoms with Gasteiger partial charge < -0.3 is 5.32 Å². The Hall–Kier alpha value is -4.01. The molecule has 6 rings (SSSR count). The number of anilines is 2. The van der Waals surface area contributed by atoms with Crippen LogP contribution in [-0.2, 0) is 4.79 Å². The number of fused-ring (bicyclic) bond motifs is 1. The van der Waals surface area contributed by atoms with Gasteiger partial charge in [-0.1, -0.05) is 53.7 Å². The number of imide groups is 1. The van der Waals surface area contributed by atoms with Gasteiger partial charge in [0.05, 0.1) is 21.2 Å². The molecule has 0 saturated heterocycles. The molecule has 0 fully saturated rings. The maximum absolute atomic E-state index is 13.4. The van der Waals surface area contributed by atoms with Gasteiger partial charge in [0.1, 0.15) is 0 Å². The van der Waals surface area contributed by atoms with Crippen LogP contribution >= 0.6 is 23.1 Å². The zero-order valence-corrected chi connectivity index (χ0v) is 23.5. The van der Waals surface area contributed by atoms with Crippen molar-refractivity contribution in [2.45, 2.75) is 37.3 Å². The molecule has 5 aromatic rings. The molecule has 1 atom stereocenters. The molecule has 0 saturated carbocycles. The minimum absolute atomic E-state index is 0.0904. The number of nitrogens with zero attached hydrogens (tertiary/aromatic N) is 2. The van der Waals surface area contributed by atoms with Crippen molar-refractivity contribution >= 4 is 73.2 Å². The highest BCUT2D eigenvalue weighted by Crippen LogP contribution is 2.37. The van der Waals surface area contributed by atoms with Crippen LogP contribution in [0.25, 0.3) is 21.0 Å². The predicted molar refractivity (Wildman–Crippen MR) is 159 cm³/mol. The molecule has 1 aromatic heterocycles. The fourth-order valence-electron chi connectivity index (χ4n) is 5.15. The molecule has 1 aliphatic rings. The van der Waals surface area contributed by atoms with Crippen LogP contribution in [0.2, 0.25) is 0 Å². The lowest BCUT2D eigenvalue weighted by Crippen LogP contribution is -2.40. The van der Waals surface area contributed by atoms with Gasteiger partial charge >= 0.3 is 0 Å². The SMILES string of the molecule is Cc1cc(C)c(NC(=O)C(C)Sc2nc3ccc(N4C(=O)c5cccc6cccc(c56)C4=O)cc3s2)c(C)c1. The summed E-state index contributed by atoms with van der Waals surface area (Å²) < 4.78 is 1.58. The Morgan fingerprint density at radius 3 is 2.21 bits per heavy atom. The van der Waals surface area contributed by atoms with Gasteiger partial charge in [-0.2, -0.15) is 0 Å². The third-order valence-electron chi connectivity index (χ3n) is 6.95. The first-order valence-electron chi connectivity index (χ1n) is 12.6. The van der Waals surface area contributed by atoms with Gasteiger partial charge in [0.15, 0.2) is 4.34 Å². The minimum atomic E-state index is -0.368. The van der Waals surface area contributed by atoms with E-state index in [1.165, 1.54) is 28.0 Å². The number of rotatable bonds is 5. The third-order valence-corrected chi connectivity index (χ3v) is 9.17. The number of carbonyl (C=O) groups is 3. The summed E-state index contributed by atoms with van der Waals surface area (Å²) in [5, 5.41) is 4.28. The average molecular weight is 552 g/mol. The molecule has 3 amide bonds. The van der Waals surface area contributed by atoms with Crippen LogP contribution in [0.4, 0.5) is 11.4 Å². The van der Waals surface area contributed by atoms with E-state index in [0.717, 1.165) is 42.3 Å². The van der Waals surface area contributed by atoms with E-state index in [-0.39, 0.29) is 23.0 Å². The van der Waals surface area contributed by atoms with E-state index in [1.54, 1.807) is 18.2 Å². The van der Waals surface area contributed by atoms with E-state index in [0.29, 0.717) is 22.2 Å². The Bertz CT molecular complexity index is 1770. The number of carbonyl (C=O) groups excluding carboxylic acids is 3. The average Bonchev–Trinajstić information content (AvgIpc) is 3.30. The maximum Gasteiger partial charge on any atom is 0.265 e. The summed E-state index contributed by atoms with van der Waals surface area (Å²) in [5.74, 6) is -0.767. The number of aromatic nitrogens is 1. The molecule has 4 aromatic carbocycles. The van der Waals surface area contributed by atoms with Gasteiger partial charge in [0, 0.05) is 22.2 Å². The number of hydrogen-bond donors (Lipinski definition) is 1. The van der Waals surface area contributed by atoms with Gasteiger partial charge in [-0.15, -0.1) is 11.3 Å². The van der Waals surface area contributed by atoms with Crippen molar-refractivity contribution in [2.75, 3.05) is 10.2 Å². The Balaban J connectivity index is 1.25. The van der Waals surface area contributed by atoms with Crippen LogP contribution < -0.4 is 10.2 Å². The largest absolute Gasteiger partial charge is 0.325 e. The highest BCUT2D eigenvalue weighted by molar-refractivity contribution is 8.02. The third kappa shape index (κ3) is 4.39. The zero-order valence-electron chi connectivity index (χ0n) is 21.9. The highest BCUT2D eigenvalue weighted by atomic mass is 32.2. The van der Waals surface area contributed by atoms with E-state index in [4.69, 9.17) is 4.98 Å². The van der Waals surface area contributed by atoms with Crippen LogP contribution in [0.5, 0.6) is 0 Å². The second-order valence-electron chi connectivity index (χ2n) is 9.81. The number of nitrogens with one attached hydrogen (secondary N) is 1. The molecule has 0 aliphatic carbocycles. The second kappa shape index (κ2) is 9.63. The number of thiazole rings is 1. The fraction of sp³-hybridized carbons (Fsp3) is 0.161. The number of amides is 3. The zero-order chi connectivity index (χ0) is 27.4. The number of hydrogen-bond acceptors (Lipinski definition) is 6. The summed E-state index contributed by atoms with van der Waals surface area (Å²) in [7, 11) is 0. The van der Waals surface area contributed by atoms with E-state index >= 15 is 0 Å². The summed E-state index contributed by atoms with van der Waals surface area (Å²) in [5.41, 5.74) is 6.36. The predicted octanol–water partition coefficient (Wildman–Crippen LogP) is 7.29. The summed E-state index contributed by atoms with van der Waals surface area (Å²) in [4.78, 5) is 45.8. The topological polar surface area (TPSA) is 79.4 Å². The quantitative estimate of drug-likeness (QED) is 0.183. The molecule has 0 bridgehead atoms. The first-order chi connectivity index (χ1) is 18.7. The lowest BCUT2D eigenvalue weighted by atomic mass is 9.94. The van der Waals surface area contributed by atoms with Crippen molar-refractivity contribution in [3.8, 4) is 0 Å². The molecular formula is C31H25N3O3S2. The summed E-state index contributed by atoms with van der Waals surface area (Å²) in [6.45, 7) is 7.89. The smallest absolute Gasteiger partial charge is 0.265 e. The molecule has 1 aliphatic heterocycles. The number of aryl methyl sites for hydroxylation is 3. The second-order valence-corrected chi connectivity index (χ2v) is 12.4. The van der Waals surface area contributed by atoms with Crippen molar-refractivity contribution in [2.24, 2.45) is 0 Å². The van der Waals surface area contributed by atoms with E-state index < -0.39 is 0 Å². The van der Waals surface area contributed by atoms with Crippen molar-refractivity contribution in [3.63, 3.8) is 0 Å². The van der Waals surface area contributed by atoms with Crippen LogP contribution in [0.15, 0.2) is 71.1 Å². The molecule has 1 N–H and O–H groups in total. The van der Waals surface area contributed by atoms with Crippen LogP contribution in [-0.4, -0.2) is 28.0 Å². The number of benzene rings is 4. The fourth-order valence-corrected chi connectivity index (χ4v) is 7.40. The Labute approximate surface area is 234 Å². The molecule has 0 radical (unpaired) electrons. The molecule has 1 unspecified atom stereocenters. The monoisotopic (exact) mass is 551 g/mol. The normalized spacial score (nSPS) is 13.8. The Kier molecular flexibility index (Phi) is 6.24. The Morgan fingerprint density at radius 1 is 0.923 bits per heavy atom. The van der Waals surface area contributed by atoms with Crippen LogP contribution in [0, 0.1) is 20.8 Å². The first kappa shape index (κ1) is 25.3. The van der Waals surface area contributed by atoms with Gasteiger partial charge in [-0.05, 0) is 74.5 Å². The van der Waals surface area contributed by atoms with Crippen molar-refractivity contribution in [1.82, 2.24) is 4.98 Å². The van der Waals surface area contributed by atoms with Crippen LogP contribution in [0.1, 0.15) is 44.3 Å². The molecule has 39 heavy (non-hydrogen) atoms. The standard InChI is InChI=1S/C31H25N3O3S2/c1-16-13-17(2)27(18(3)14-16)33-28(35)19(4)38-31-32-24-12-11-21(15-25(24)39-31)34-29(36)22-9-5-7-20-8-6-10-23(26(20)22)30(34)37/h5-15,19H,1-4H3,(H,33,35). The van der Waals surface area contributed by atoms with Crippen molar-refractivity contribution < 1.29 is 14.4 Å². The van der Waals surface area contributed by atoms with Crippen molar-refractivity contribution in [1.29, 1.82) is 0 Å². The molecule has 0 spiro atoms.